The van der Waals surface area contributed by atoms with E-state index in [0.29, 0.717) is 24.3 Å². The molecule has 0 fully saturated rings. The van der Waals surface area contributed by atoms with E-state index in [9.17, 15) is 9.59 Å². The zero-order valence-corrected chi connectivity index (χ0v) is 9.33. The van der Waals surface area contributed by atoms with Crippen LogP contribution in [-0.4, -0.2) is 34.7 Å². The van der Waals surface area contributed by atoms with Crippen LogP contribution in [0.1, 0.15) is 41.6 Å². The van der Waals surface area contributed by atoms with Crippen molar-refractivity contribution in [2.75, 3.05) is 13.1 Å². The molecule has 1 aromatic rings. The van der Waals surface area contributed by atoms with Crippen LogP contribution < -0.4 is 0 Å². The van der Waals surface area contributed by atoms with E-state index in [1.165, 1.54) is 6.92 Å². The molecule has 1 aromatic heterocycles. The molecule has 0 spiro atoms. The first kappa shape index (κ1) is 11.5. The topological polar surface area (TPSA) is 53.2 Å². The minimum atomic E-state index is -0.0625. The fourth-order valence-electron chi connectivity index (χ4n) is 1.40. The quantitative estimate of drug-likeness (QED) is 0.766. The number of amides is 1. The van der Waals surface area contributed by atoms with Gasteiger partial charge in [0, 0.05) is 24.8 Å². The smallest absolute Gasteiger partial charge is 0.270 e. The molecule has 1 N–H and O–H groups in total. The van der Waals surface area contributed by atoms with Crippen LogP contribution in [0.5, 0.6) is 0 Å². The number of carbonyl (C=O) groups is 2. The SMILES string of the molecule is CCN(CC)C(=O)c1cc(C(C)=O)c[nH]1. The van der Waals surface area contributed by atoms with Gasteiger partial charge in [-0.15, -0.1) is 0 Å². The molecule has 0 atom stereocenters. The molecule has 4 nitrogen and oxygen atoms in total. The van der Waals surface area contributed by atoms with Gasteiger partial charge in [0.1, 0.15) is 5.69 Å². The van der Waals surface area contributed by atoms with Gasteiger partial charge in [-0.05, 0) is 26.8 Å². The first-order valence-corrected chi connectivity index (χ1v) is 5.08. The summed E-state index contributed by atoms with van der Waals surface area (Å²) in [7, 11) is 0. The Bertz CT molecular complexity index is 364. The predicted octanol–water partition coefficient (Wildman–Crippen LogP) is 1.70. The lowest BCUT2D eigenvalue weighted by molar-refractivity contribution is 0.0768. The fourth-order valence-corrected chi connectivity index (χ4v) is 1.40. The van der Waals surface area contributed by atoms with Crippen LogP contribution in [0.15, 0.2) is 12.3 Å². The summed E-state index contributed by atoms with van der Waals surface area (Å²) < 4.78 is 0. The van der Waals surface area contributed by atoms with Crippen molar-refractivity contribution < 1.29 is 9.59 Å². The maximum absolute atomic E-state index is 11.8. The van der Waals surface area contributed by atoms with Crippen molar-refractivity contribution in [2.45, 2.75) is 20.8 Å². The van der Waals surface area contributed by atoms with E-state index in [2.05, 4.69) is 4.98 Å². The molecule has 0 bridgehead atoms. The molecule has 0 saturated carbocycles. The fraction of sp³-hybridized carbons (Fsp3) is 0.455. The highest BCUT2D eigenvalue weighted by atomic mass is 16.2. The van der Waals surface area contributed by atoms with Gasteiger partial charge < -0.3 is 9.88 Å². The van der Waals surface area contributed by atoms with Gasteiger partial charge in [-0.25, -0.2) is 0 Å². The number of hydrogen-bond acceptors (Lipinski definition) is 2. The van der Waals surface area contributed by atoms with Crippen LogP contribution in [-0.2, 0) is 0 Å². The van der Waals surface area contributed by atoms with E-state index in [1.807, 2.05) is 13.8 Å². The summed E-state index contributed by atoms with van der Waals surface area (Å²) >= 11 is 0. The van der Waals surface area contributed by atoms with Crippen LogP contribution in [0.3, 0.4) is 0 Å². The van der Waals surface area contributed by atoms with Gasteiger partial charge in [0.25, 0.3) is 5.91 Å². The standard InChI is InChI=1S/C11H16N2O2/c1-4-13(5-2)11(15)10-6-9(7-12-10)8(3)14/h6-7,12H,4-5H2,1-3H3. The Morgan fingerprint density at radius 1 is 1.33 bits per heavy atom. The lowest BCUT2D eigenvalue weighted by atomic mass is 10.2. The first-order valence-electron chi connectivity index (χ1n) is 5.08. The van der Waals surface area contributed by atoms with Crippen molar-refractivity contribution in [1.29, 1.82) is 0 Å². The number of aromatic nitrogens is 1. The monoisotopic (exact) mass is 208 g/mol. The first-order chi connectivity index (χ1) is 7.10. The maximum Gasteiger partial charge on any atom is 0.270 e. The van der Waals surface area contributed by atoms with Gasteiger partial charge in [0.2, 0.25) is 0 Å². The largest absolute Gasteiger partial charge is 0.356 e. The maximum atomic E-state index is 11.8. The second kappa shape index (κ2) is 4.77. The van der Waals surface area contributed by atoms with Crippen molar-refractivity contribution >= 4 is 11.7 Å². The number of ketones is 1. The van der Waals surface area contributed by atoms with Crippen LogP contribution in [0.2, 0.25) is 0 Å². The van der Waals surface area contributed by atoms with E-state index in [-0.39, 0.29) is 11.7 Å². The van der Waals surface area contributed by atoms with Crippen molar-refractivity contribution in [3.8, 4) is 0 Å². The summed E-state index contributed by atoms with van der Waals surface area (Å²) in [5.41, 5.74) is 1.02. The Kier molecular flexibility index (Phi) is 3.66. The number of Topliss-reactive ketones (excluding diaryl/α,β-unsaturated/α-hetero) is 1. The molecule has 0 aromatic carbocycles. The van der Waals surface area contributed by atoms with Crippen molar-refractivity contribution in [3.05, 3.63) is 23.5 Å². The Labute approximate surface area is 89.3 Å². The molecule has 0 saturated heterocycles. The number of nitrogens with one attached hydrogen (secondary N) is 1. The highest BCUT2D eigenvalue weighted by molar-refractivity contribution is 5.99. The Balaban J connectivity index is 2.86. The van der Waals surface area contributed by atoms with Crippen LogP contribution >= 0.6 is 0 Å². The molecule has 1 rings (SSSR count). The summed E-state index contributed by atoms with van der Waals surface area (Å²) in [5.74, 6) is -0.0997. The predicted molar refractivity (Wildman–Crippen MR) is 58.0 cm³/mol. The molecule has 0 unspecified atom stereocenters. The van der Waals surface area contributed by atoms with Crippen LogP contribution in [0, 0.1) is 0 Å². The van der Waals surface area contributed by atoms with E-state index >= 15 is 0 Å². The van der Waals surface area contributed by atoms with E-state index in [0.717, 1.165) is 0 Å². The highest BCUT2D eigenvalue weighted by Gasteiger charge is 2.15. The van der Waals surface area contributed by atoms with Gasteiger partial charge in [-0.3, -0.25) is 9.59 Å². The number of nitrogens with zero attached hydrogens (tertiary/aromatic N) is 1. The molecule has 82 valence electrons. The zero-order chi connectivity index (χ0) is 11.4. The van der Waals surface area contributed by atoms with Gasteiger partial charge in [0.15, 0.2) is 5.78 Å². The number of hydrogen-bond donors (Lipinski definition) is 1. The number of aromatic amines is 1. The summed E-state index contributed by atoms with van der Waals surface area (Å²) in [6.07, 6.45) is 1.57. The third-order valence-corrected chi connectivity index (χ3v) is 2.37. The molecular formula is C11H16N2O2. The van der Waals surface area contributed by atoms with Crippen molar-refractivity contribution in [2.24, 2.45) is 0 Å². The van der Waals surface area contributed by atoms with Crippen LogP contribution in [0.4, 0.5) is 0 Å². The van der Waals surface area contributed by atoms with Gasteiger partial charge in [-0.2, -0.15) is 0 Å². The molecule has 1 heterocycles. The number of carbonyl (C=O) groups excluding carboxylic acids is 2. The van der Waals surface area contributed by atoms with Gasteiger partial charge in [0.05, 0.1) is 0 Å². The molecule has 1 amide bonds. The van der Waals surface area contributed by atoms with Crippen molar-refractivity contribution in [1.82, 2.24) is 9.88 Å². The Hall–Kier alpha value is -1.58. The van der Waals surface area contributed by atoms with E-state index in [1.54, 1.807) is 17.2 Å². The van der Waals surface area contributed by atoms with Crippen molar-refractivity contribution in [3.63, 3.8) is 0 Å². The zero-order valence-electron chi connectivity index (χ0n) is 9.33. The Morgan fingerprint density at radius 3 is 2.33 bits per heavy atom. The number of rotatable bonds is 4. The van der Waals surface area contributed by atoms with Crippen LogP contribution in [0.25, 0.3) is 0 Å². The molecule has 4 heteroatoms. The normalized spacial score (nSPS) is 10.1. The molecule has 0 radical (unpaired) electrons. The second-order valence-corrected chi connectivity index (χ2v) is 3.34. The lowest BCUT2D eigenvalue weighted by Gasteiger charge is -2.17. The second-order valence-electron chi connectivity index (χ2n) is 3.34. The summed E-state index contributed by atoms with van der Waals surface area (Å²) in [6.45, 7) is 6.68. The van der Waals surface area contributed by atoms with Gasteiger partial charge >= 0.3 is 0 Å². The molecule has 0 aliphatic carbocycles. The van der Waals surface area contributed by atoms with E-state index in [4.69, 9.17) is 0 Å². The molecule has 0 aliphatic heterocycles. The minimum absolute atomic E-state index is 0.0372. The average molecular weight is 208 g/mol. The lowest BCUT2D eigenvalue weighted by Crippen LogP contribution is -2.30. The number of H-pyrrole nitrogens is 1. The summed E-state index contributed by atoms with van der Waals surface area (Å²) in [6, 6.07) is 1.60. The van der Waals surface area contributed by atoms with Gasteiger partial charge in [-0.1, -0.05) is 0 Å². The van der Waals surface area contributed by atoms with E-state index < -0.39 is 0 Å². The molecule has 0 aliphatic rings. The minimum Gasteiger partial charge on any atom is -0.356 e. The Morgan fingerprint density at radius 2 is 1.93 bits per heavy atom. The highest BCUT2D eigenvalue weighted by Crippen LogP contribution is 2.07. The third-order valence-electron chi connectivity index (χ3n) is 2.37. The third kappa shape index (κ3) is 2.46. The summed E-state index contributed by atoms with van der Waals surface area (Å²) in [5, 5.41) is 0. The molecule has 15 heavy (non-hydrogen) atoms. The summed E-state index contributed by atoms with van der Waals surface area (Å²) in [4.78, 5) is 27.4. The molecular weight excluding hydrogens is 192 g/mol. The average Bonchev–Trinajstić information content (AvgIpc) is 2.68.